The molecule has 0 spiro atoms. The maximum atomic E-state index is 12.5. The largest absolute Gasteiger partial charge is 0.435 e. The molecule has 24 heavy (non-hydrogen) atoms. The average molecular weight is 347 g/mol. The number of imidazole rings is 1. The van der Waals surface area contributed by atoms with Gasteiger partial charge in [-0.3, -0.25) is 4.79 Å². The van der Waals surface area contributed by atoms with Crippen LogP contribution in [-0.2, 0) is 4.79 Å². The van der Waals surface area contributed by atoms with Crippen LogP contribution in [0.25, 0.3) is 0 Å². The standard InChI is InChI=1S/C14H13F4N3O3/c1-8(21-5-4-19-7-21)12(22)20-10-3-2-9(23-13(15)16)6-11(10)24-14(17)18/h2-8,13-14H,1H3,(H,20,22)/t8-/m0/s1. The molecule has 0 radical (unpaired) electrons. The quantitative estimate of drug-likeness (QED) is 0.781. The minimum absolute atomic E-state index is 0.103. The fourth-order valence-corrected chi connectivity index (χ4v) is 1.85. The van der Waals surface area contributed by atoms with Gasteiger partial charge in [-0.15, -0.1) is 0 Å². The lowest BCUT2D eigenvalue weighted by Crippen LogP contribution is -2.23. The number of hydrogen-bond acceptors (Lipinski definition) is 4. The number of carbonyl (C=O) groups excluding carboxylic acids is 1. The first-order valence-corrected chi connectivity index (χ1v) is 6.69. The third-order valence-corrected chi connectivity index (χ3v) is 3.00. The highest BCUT2D eigenvalue weighted by molar-refractivity contribution is 5.94. The van der Waals surface area contributed by atoms with Gasteiger partial charge in [0, 0.05) is 18.5 Å². The first kappa shape index (κ1) is 17.6. The van der Waals surface area contributed by atoms with Gasteiger partial charge in [0.1, 0.15) is 11.8 Å². The van der Waals surface area contributed by atoms with E-state index < -0.39 is 30.9 Å². The molecule has 1 aromatic heterocycles. The lowest BCUT2D eigenvalue weighted by molar-refractivity contribution is -0.118. The van der Waals surface area contributed by atoms with Crippen molar-refractivity contribution < 1.29 is 31.8 Å². The van der Waals surface area contributed by atoms with E-state index in [2.05, 4.69) is 19.8 Å². The summed E-state index contributed by atoms with van der Waals surface area (Å²) in [5, 5.41) is 2.40. The summed E-state index contributed by atoms with van der Waals surface area (Å²) in [7, 11) is 0. The summed E-state index contributed by atoms with van der Waals surface area (Å²) in [4.78, 5) is 16.0. The van der Waals surface area contributed by atoms with Gasteiger partial charge in [0.05, 0.1) is 12.0 Å². The molecule has 2 rings (SSSR count). The minimum Gasteiger partial charge on any atom is -0.435 e. The Morgan fingerprint density at radius 2 is 1.92 bits per heavy atom. The lowest BCUT2D eigenvalue weighted by atomic mass is 10.2. The number of aromatic nitrogens is 2. The van der Waals surface area contributed by atoms with Crippen molar-refractivity contribution >= 4 is 11.6 Å². The second-order valence-electron chi connectivity index (χ2n) is 4.59. The van der Waals surface area contributed by atoms with Crippen molar-refractivity contribution in [3.8, 4) is 11.5 Å². The van der Waals surface area contributed by atoms with Gasteiger partial charge in [-0.25, -0.2) is 4.98 Å². The van der Waals surface area contributed by atoms with Gasteiger partial charge in [-0.2, -0.15) is 17.6 Å². The molecular weight excluding hydrogens is 334 g/mol. The van der Waals surface area contributed by atoms with Crippen molar-refractivity contribution in [2.45, 2.75) is 26.2 Å². The first-order chi connectivity index (χ1) is 11.4. The molecule has 0 saturated carbocycles. The van der Waals surface area contributed by atoms with Gasteiger partial charge < -0.3 is 19.4 Å². The van der Waals surface area contributed by atoms with Gasteiger partial charge in [-0.1, -0.05) is 0 Å². The zero-order valence-electron chi connectivity index (χ0n) is 12.3. The highest BCUT2D eigenvalue weighted by Gasteiger charge is 2.19. The van der Waals surface area contributed by atoms with Crippen LogP contribution in [0, 0.1) is 0 Å². The number of carbonyl (C=O) groups is 1. The van der Waals surface area contributed by atoms with E-state index in [-0.39, 0.29) is 11.4 Å². The van der Waals surface area contributed by atoms with E-state index in [1.54, 1.807) is 13.1 Å². The van der Waals surface area contributed by atoms with E-state index in [0.717, 1.165) is 18.2 Å². The zero-order valence-corrected chi connectivity index (χ0v) is 12.3. The number of halogens is 4. The molecule has 0 saturated heterocycles. The predicted octanol–water partition coefficient (Wildman–Crippen LogP) is 3.29. The fourth-order valence-electron chi connectivity index (χ4n) is 1.85. The Balaban J connectivity index is 2.19. The highest BCUT2D eigenvalue weighted by atomic mass is 19.3. The van der Waals surface area contributed by atoms with Gasteiger partial charge >= 0.3 is 13.2 Å². The molecule has 0 aliphatic rings. The van der Waals surface area contributed by atoms with Crippen molar-refractivity contribution in [3.05, 3.63) is 36.9 Å². The molecule has 1 heterocycles. The molecule has 1 atom stereocenters. The third-order valence-electron chi connectivity index (χ3n) is 3.00. The van der Waals surface area contributed by atoms with Crippen LogP contribution in [0.3, 0.4) is 0 Å². The normalized spacial score (nSPS) is 12.3. The Hall–Kier alpha value is -2.78. The van der Waals surface area contributed by atoms with Crippen LogP contribution in [0.2, 0.25) is 0 Å². The summed E-state index contributed by atoms with van der Waals surface area (Å²) in [6, 6.07) is 2.40. The molecule has 0 fully saturated rings. The second kappa shape index (κ2) is 7.66. The topological polar surface area (TPSA) is 65.4 Å². The molecule has 1 aromatic carbocycles. The van der Waals surface area contributed by atoms with Crippen molar-refractivity contribution in [2.24, 2.45) is 0 Å². The molecule has 10 heteroatoms. The van der Waals surface area contributed by atoms with E-state index in [0.29, 0.717) is 0 Å². The number of nitrogens with one attached hydrogen (secondary N) is 1. The van der Waals surface area contributed by atoms with Crippen LogP contribution in [0.5, 0.6) is 11.5 Å². The van der Waals surface area contributed by atoms with Crippen LogP contribution < -0.4 is 14.8 Å². The number of amides is 1. The summed E-state index contributed by atoms with van der Waals surface area (Å²) in [5.74, 6) is -1.40. The van der Waals surface area contributed by atoms with Crippen molar-refractivity contribution in [1.82, 2.24) is 9.55 Å². The van der Waals surface area contributed by atoms with Gasteiger partial charge in [-0.05, 0) is 19.1 Å². The summed E-state index contributed by atoms with van der Waals surface area (Å²) in [5.41, 5.74) is -0.103. The second-order valence-corrected chi connectivity index (χ2v) is 4.59. The number of hydrogen-bond donors (Lipinski definition) is 1. The Morgan fingerprint density at radius 3 is 2.50 bits per heavy atom. The molecule has 0 bridgehead atoms. The zero-order chi connectivity index (χ0) is 17.7. The maximum absolute atomic E-state index is 12.5. The van der Waals surface area contributed by atoms with Gasteiger partial charge in [0.15, 0.2) is 5.75 Å². The average Bonchev–Trinajstić information content (AvgIpc) is 3.02. The maximum Gasteiger partial charge on any atom is 0.387 e. The number of benzene rings is 1. The lowest BCUT2D eigenvalue weighted by Gasteiger charge is -2.17. The smallest absolute Gasteiger partial charge is 0.387 e. The van der Waals surface area contributed by atoms with Crippen molar-refractivity contribution in [2.75, 3.05) is 5.32 Å². The van der Waals surface area contributed by atoms with Crippen LogP contribution in [0.1, 0.15) is 13.0 Å². The molecule has 0 aliphatic heterocycles. The summed E-state index contributed by atoms with van der Waals surface area (Å²) < 4.78 is 59.2. The number of anilines is 1. The van der Waals surface area contributed by atoms with Crippen LogP contribution in [0.15, 0.2) is 36.9 Å². The van der Waals surface area contributed by atoms with Gasteiger partial charge in [0.2, 0.25) is 5.91 Å². The summed E-state index contributed by atoms with van der Waals surface area (Å²) >= 11 is 0. The van der Waals surface area contributed by atoms with E-state index in [4.69, 9.17) is 0 Å². The summed E-state index contributed by atoms with van der Waals surface area (Å²) in [6.45, 7) is -4.75. The Morgan fingerprint density at radius 1 is 1.21 bits per heavy atom. The van der Waals surface area contributed by atoms with Crippen molar-refractivity contribution in [1.29, 1.82) is 0 Å². The highest BCUT2D eigenvalue weighted by Crippen LogP contribution is 2.32. The number of rotatable bonds is 7. The minimum atomic E-state index is -3.20. The van der Waals surface area contributed by atoms with E-state index >= 15 is 0 Å². The predicted molar refractivity (Wildman–Crippen MR) is 75.3 cm³/mol. The molecular formula is C14H13F4N3O3. The van der Waals surface area contributed by atoms with Crippen LogP contribution in [0.4, 0.5) is 23.2 Å². The summed E-state index contributed by atoms with van der Waals surface area (Å²) in [6.07, 6.45) is 4.45. The third kappa shape index (κ3) is 4.61. The molecule has 0 unspecified atom stereocenters. The Kier molecular flexibility index (Phi) is 5.61. The monoisotopic (exact) mass is 347 g/mol. The SMILES string of the molecule is C[C@@H](C(=O)Nc1ccc(OC(F)F)cc1OC(F)F)n1ccnc1. The molecule has 6 nitrogen and oxygen atoms in total. The van der Waals surface area contributed by atoms with E-state index in [9.17, 15) is 22.4 Å². The van der Waals surface area contributed by atoms with Crippen molar-refractivity contribution in [3.63, 3.8) is 0 Å². The van der Waals surface area contributed by atoms with E-state index in [1.165, 1.54) is 17.1 Å². The first-order valence-electron chi connectivity index (χ1n) is 6.69. The van der Waals surface area contributed by atoms with Crippen LogP contribution >= 0.6 is 0 Å². The Bertz CT molecular complexity index is 680. The molecule has 1 N–H and O–H groups in total. The van der Waals surface area contributed by atoms with Gasteiger partial charge in [0.25, 0.3) is 0 Å². The Labute approximate surface area is 134 Å². The van der Waals surface area contributed by atoms with Crippen LogP contribution in [-0.4, -0.2) is 28.7 Å². The number of ether oxygens (including phenoxy) is 2. The molecule has 130 valence electrons. The number of alkyl halides is 4. The molecule has 2 aromatic rings. The number of nitrogens with zero attached hydrogens (tertiary/aromatic N) is 2. The van der Waals surface area contributed by atoms with E-state index in [1.807, 2.05) is 0 Å². The molecule has 1 amide bonds. The molecule has 0 aliphatic carbocycles. The fraction of sp³-hybridized carbons (Fsp3) is 0.286.